The molecule has 0 atom stereocenters. The summed E-state index contributed by atoms with van der Waals surface area (Å²) in [5.41, 5.74) is 1.07. The lowest BCUT2D eigenvalue weighted by Crippen LogP contribution is -2.21. The van der Waals surface area contributed by atoms with Crippen LogP contribution in [0.5, 0.6) is 5.88 Å². The number of nitrogens with zero attached hydrogens (tertiary/aromatic N) is 1. The number of pyridine rings is 1. The van der Waals surface area contributed by atoms with E-state index >= 15 is 0 Å². The fourth-order valence-electron chi connectivity index (χ4n) is 1.19. The molecule has 3 nitrogen and oxygen atoms in total. The largest absolute Gasteiger partial charge is 0.477 e. The Labute approximate surface area is 102 Å². The zero-order valence-electron chi connectivity index (χ0n) is 10.1. The van der Waals surface area contributed by atoms with Gasteiger partial charge in [-0.3, -0.25) is 0 Å². The van der Waals surface area contributed by atoms with Crippen LogP contribution >= 0.6 is 11.6 Å². The third-order valence-electron chi connectivity index (χ3n) is 2.02. The van der Waals surface area contributed by atoms with Gasteiger partial charge in [-0.15, -0.1) is 0 Å². The van der Waals surface area contributed by atoms with Crippen molar-refractivity contribution >= 4 is 11.6 Å². The minimum Gasteiger partial charge on any atom is -0.477 e. The number of ether oxygens (including phenoxy) is 1. The summed E-state index contributed by atoms with van der Waals surface area (Å²) in [5.74, 6) is 0.525. The summed E-state index contributed by atoms with van der Waals surface area (Å²) in [7, 11) is 0. The van der Waals surface area contributed by atoms with Gasteiger partial charge < -0.3 is 10.1 Å². The average molecular weight is 243 g/mol. The number of aromatic nitrogens is 1. The summed E-state index contributed by atoms with van der Waals surface area (Å²) in [5, 5.41) is 3.89. The highest BCUT2D eigenvalue weighted by Gasteiger charge is 2.04. The molecule has 1 heterocycles. The molecular weight excluding hydrogens is 224 g/mol. The third kappa shape index (κ3) is 4.37. The maximum Gasteiger partial charge on any atom is 0.232 e. The quantitative estimate of drug-likeness (QED) is 0.833. The van der Waals surface area contributed by atoms with Crippen LogP contribution in [0.4, 0.5) is 0 Å². The van der Waals surface area contributed by atoms with Gasteiger partial charge in [0.1, 0.15) is 5.02 Å². The van der Waals surface area contributed by atoms with E-state index in [-0.39, 0.29) is 0 Å². The van der Waals surface area contributed by atoms with E-state index in [1.165, 1.54) is 0 Å². The molecule has 1 aromatic rings. The molecular formula is C12H19ClN2O. The molecule has 0 amide bonds. The maximum atomic E-state index is 6.07. The van der Waals surface area contributed by atoms with E-state index in [0.29, 0.717) is 23.6 Å². The number of rotatable bonds is 6. The van der Waals surface area contributed by atoms with Crippen LogP contribution in [0.2, 0.25) is 5.02 Å². The van der Waals surface area contributed by atoms with Crippen molar-refractivity contribution in [3.05, 3.63) is 22.8 Å². The average Bonchev–Trinajstić information content (AvgIpc) is 2.25. The Bertz CT molecular complexity index is 329. The molecule has 0 saturated carbocycles. The standard InChI is InChI=1S/C12H19ClN2O/c1-4-5-16-12-11(13)6-10(8-15-12)7-14-9(2)3/h6,8-9,14H,4-5,7H2,1-3H3. The van der Waals surface area contributed by atoms with E-state index in [2.05, 4.69) is 31.1 Å². The van der Waals surface area contributed by atoms with Gasteiger partial charge >= 0.3 is 0 Å². The highest BCUT2D eigenvalue weighted by atomic mass is 35.5. The second-order valence-corrected chi connectivity index (χ2v) is 4.42. The van der Waals surface area contributed by atoms with E-state index in [1.807, 2.05) is 6.07 Å². The number of hydrogen-bond acceptors (Lipinski definition) is 3. The molecule has 0 aliphatic rings. The lowest BCUT2D eigenvalue weighted by molar-refractivity contribution is 0.305. The van der Waals surface area contributed by atoms with Crippen molar-refractivity contribution in [2.24, 2.45) is 0 Å². The Kier molecular flexibility index (Phi) is 5.56. The van der Waals surface area contributed by atoms with Crippen molar-refractivity contribution in [1.82, 2.24) is 10.3 Å². The van der Waals surface area contributed by atoms with Gasteiger partial charge in [0, 0.05) is 18.8 Å². The molecule has 0 spiro atoms. The zero-order valence-corrected chi connectivity index (χ0v) is 10.8. The predicted octanol–water partition coefficient (Wildman–Crippen LogP) is 3.02. The molecule has 1 rings (SSSR count). The van der Waals surface area contributed by atoms with Crippen LogP contribution in [0.3, 0.4) is 0 Å². The van der Waals surface area contributed by atoms with Gasteiger partial charge in [-0.2, -0.15) is 0 Å². The highest BCUT2D eigenvalue weighted by Crippen LogP contribution is 2.22. The van der Waals surface area contributed by atoms with Crippen LogP contribution in [0, 0.1) is 0 Å². The molecule has 0 saturated heterocycles. The summed E-state index contributed by atoms with van der Waals surface area (Å²) in [6, 6.07) is 2.35. The van der Waals surface area contributed by atoms with Gasteiger partial charge in [-0.05, 0) is 18.1 Å². The van der Waals surface area contributed by atoms with Crippen molar-refractivity contribution in [2.75, 3.05) is 6.61 Å². The van der Waals surface area contributed by atoms with Gasteiger partial charge in [0.15, 0.2) is 0 Å². The first-order valence-electron chi connectivity index (χ1n) is 5.64. The van der Waals surface area contributed by atoms with Gasteiger partial charge in [-0.25, -0.2) is 4.98 Å². The topological polar surface area (TPSA) is 34.1 Å². The van der Waals surface area contributed by atoms with Crippen LogP contribution in [-0.4, -0.2) is 17.6 Å². The first-order valence-corrected chi connectivity index (χ1v) is 6.02. The molecule has 4 heteroatoms. The molecule has 0 aromatic carbocycles. The van der Waals surface area contributed by atoms with Crippen LogP contribution < -0.4 is 10.1 Å². The Morgan fingerprint density at radius 1 is 1.50 bits per heavy atom. The van der Waals surface area contributed by atoms with Crippen LogP contribution in [-0.2, 0) is 6.54 Å². The summed E-state index contributed by atoms with van der Waals surface area (Å²) in [6.07, 6.45) is 2.75. The first-order chi connectivity index (χ1) is 7.63. The number of hydrogen-bond donors (Lipinski definition) is 1. The monoisotopic (exact) mass is 242 g/mol. The summed E-state index contributed by atoms with van der Waals surface area (Å²) < 4.78 is 5.40. The first kappa shape index (κ1) is 13.3. The molecule has 0 aliphatic carbocycles. The normalized spacial score (nSPS) is 10.8. The molecule has 90 valence electrons. The Morgan fingerprint density at radius 2 is 2.25 bits per heavy atom. The number of nitrogens with one attached hydrogen (secondary N) is 1. The second-order valence-electron chi connectivity index (χ2n) is 4.01. The van der Waals surface area contributed by atoms with E-state index in [1.54, 1.807) is 6.20 Å². The van der Waals surface area contributed by atoms with Crippen molar-refractivity contribution in [1.29, 1.82) is 0 Å². The fourth-order valence-corrected chi connectivity index (χ4v) is 1.43. The van der Waals surface area contributed by atoms with Gasteiger partial charge in [0.2, 0.25) is 5.88 Å². The zero-order chi connectivity index (χ0) is 12.0. The molecule has 1 N–H and O–H groups in total. The van der Waals surface area contributed by atoms with Crippen molar-refractivity contribution in [2.45, 2.75) is 39.8 Å². The molecule has 0 radical (unpaired) electrons. The molecule has 0 fully saturated rings. The van der Waals surface area contributed by atoms with Gasteiger partial charge in [-0.1, -0.05) is 32.4 Å². The number of halogens is 1. The second kappa shape index (κ2) is 6.71. The minimum atomic E-state index is 0.454. The maximum absolute atomic E-state index is 6.07. The van der Waals surface area contributed by atoms with Crippen molar-refractivity contribution in [3.63, 3.8) is 0 Å². The summed E-state index contributed by atoms with van der Waals surface area (Å²) in [4.78, 5) is 4.20. The summed E-state index contributed by atoms with van der Waals surface area (Å²) >= 11 is 6.07. The van der Waals surface area contributed by atoms with E-state index in [0.717, 1.165) is 18.5 Å². The lowest BCUT2D eigenvalue weighted by Gasteiger charge is -2.10. The molecule has 0 unspecified atom stereocenters. The minimum absolute atomic E-state index is 0.454. The smallest absolute Gasteiger partial charge is 0.232 e. The highest BCUT2D eigenvalue weighted by molar-refractivity contribution is 6.31. The third-order valence-corrected chi connectivity index (χ3v) is 2.29. The van der Waals surface area contributed by atoms with Gasteiger partial charge in [0.05, 0.1) is 6.61 Å². The SMILES string of the molecule is CCCOc1ncc(CNC(C)C)cc1Cl. The van der Waals surface area contributed by atoms with Crippen LogP contribution in [0.15, 0.2) is 12.3 Å². The fraction of sp³-hybridized carbons (Fsp3) is 0.583. The van der Waals surface area contributed by atoms with Crippen LogP contribution in [0.25, 0.3) is 0 Å². The molecule has 0 aliphatic heterocycles. The molecule has 1 aromatic heterocycles. The molecule has 16 heavy (non-hydrogen) atoms. The van der Waals surface area contributed by atoms with Crippen molar-refractivity contribution < 1.29 is 4.74 Å². The predicted molar refractivity (Wildman–Crippen MR) is 67.0 cm³/mol. The Morgan fingerprint density at radius 3 is 2.81 bits per heavy atom. The van der Waals surface area contributed by atoms with Crippen LogP contribution in [0.1, 0.15) is 32.8 Å². The Balaban J connectivity index is 2.59. The van der Waals surface area contributed by atoms with E-state index in [4.69, 9.17) is 16.3 Å². The molecule has 0 bridgehead atoms. The van der Waals surface area contributed by atoms with Gasteiger partial charge in [0.25, 0.3) is 0 Å². The lowest BCUT2D eigenvalue weighted by atomic mass is 10.2. The van der Waals surface area contributed by atoms with E-state index < -0.39 is 0 Å². The summed E-state index contributed by atoms with van der Waals surface area (Å²) in [6.45, 7) is 7.69. The van der Waals surface area contributed by atoms with E-state index in [9.17, 15) is 0 Å². The van der Waals surface area contributed by atoms with Crippen molar-refractivity contribution in [3.8, 4) is 5.88 Å². The Hall–Kier alpha value is -0.800.